The van der Waals surface area contributed by atoms with Crippen molar-refractivity contribution in [3.8, 4) is 17.9 Å². The predicted molar refractivity (Wildman–Crippen MR) is 57.4 cm³/mol. The Morgan fingerprint density at radius 2 is 1.71 bits per heavy atom. The van der Waals surface area contributed by atoms with Gasteiger partial charge in [0.2, 0.25) is 0 Å². The molecule has 0 fully saturated rings. The van der Waals surface area contributed by atoms with Crippen LogP contribution >= 0.6 is 0 Å². The van der Waals surface area contributed by atoms with E-state index < -0.39 is 0 Å². The van der Waals surface area contributed by atoms with Crippen LogP contribution in [0.3, 0.4) is 0 Å². The summed E-state index contributed by atoms with van der Waals surface area (Å²) < 4.78 is 0. The Labute approximate surface area is 85.4 Å². The van der Waals surface area contributed by atoms with Gasteiger partial charge in [-0.05, 0) is 25.0 Å². The van der Waals surface area contributed by atoms with Gasteiger partial charge in [0.25, 0.3) is 0 Å². The Kier molecular flexibility index (Phi) is 4.99. The van der Waals surface area contributed by atoms with E-state index in [9.17, 15) is 0 Å². The summed E-state index contributed by atoms with van der Waals surface area (Å²) in [5, 5.41) is 8.31. The van der Waals surface area contributed by atoms with Crippen LogP contribution in [0, 0.1) is 23.2 Å². The Morgan fingerprint density at radius 1 is 1.00 bits per heavy atom. The lowest BCUT2D eigenvalue weighted by atomic mass is 10.2. The van der Waals surface area contributed by atoms with Crippen molar-refractivity contribution in [1.82, 2.24) is 0 Å². The van der Waals surface area contributed by atoms with Crippen LogP contribution in [0.15, 0.2) is 30.3 Å². The molecule has 0 atom stereocenters. The van der Waals surface area contributed by atoms with E-state index in [4.69, 9.17) is 5.26 Å². The van der Waals surface area contributed by atoms with Crippen molar-refractivity contribution < 1.29 is 0 Å². The number of rotatable bonds is 3. The van der Waals surface area contributed by atoms with Gasteiger partial charge in [-0.15, -0.1) is 0 Å². The molecule has 0 radical (unpaired) electrons. The largest absolute Gasteiger partial charge is 0.198 e. The van der Waals surface area contributed by atoms with Crippen LogP contribution in [0.2, 0.25) is 0 Å². The fourth-order valence-corrected chi connectivity index (χ4v) is 1.10. The van der Waals surface area contributed by atoms with Crippen molar-refractivity contribution in [1.29, 1.82) is 5.26 Å². The van der Waals surface area contributed by atoms with Crippen LogP contribution in [0.4, 0.5) is 0 Å². The van der Waals surface area contributed by atoms with Crippen molar-refractivity contribution in [2.45, 2.75) is 25.7 Å². The molecular formula is C13H13N. The van der Waals surface area contributed by atoms with Gasteiger partial charge in [0, 0.05) is 18.4 Å². The molecule has 0 amide bonds. The molecular weight excluding hydrogens is 170 g/mol. The first-order chi connectivity index (χ1) is 6.93. The molecule has 1 nitrogen and oxygen atoms in total. The van der Waals surface area contributed by atoms with Gasteiger partial charge < -0.3 is 0 Å². The summed E-state index contributed by atoms with van der Waals surface area (Å²) in [6.07, 6.45) is 3.51. The Balaban J connectivity index is 2.25. The standard InChI is InChI=1S/C13H13N/c14-12-8-3-1-2-5-9-13-10-6-4-7-11-13/h4,6-7,10-11H,1-3,8H2. The molecule has 0 spiro atoms. The van der Waals surface area contributed by atoms with Crippen LogP contribution in [-0.2, 0) is 0 Å². The zero-order chi connectivity index (χ0) is 10.1. The zero-order valence-corrected chi connectivity index (χ0v) is 8.16. The summed E-state index contributed by atoms with van der Waals surface area (Å²) in [7, 11) is 0. The van der Waals surface area contributed by atoms with Gasteiger partial charge in [0.15, 0.2) is 0 Å². The van der Waals surface area contributed by atoms with Crippen molar-refractivity contribution in [3.63, 3.8) is 0 Å². The molecule has 70 valence electrons. The SMILES string of the molecule is N#CCCCCC#Cc1ccccc1. The molecule has 0 aliphatic rings. The third-order valence-electron chi connectivity index (χ3n) is 1.85. The molecule has 1 aromatic carbocycles. The highest BCUT2D eigenvalue weighted by Gasteiger charge is 1.84. The first kappa shape index (κ1) is 10.4. The molecule has 0 saturated carbocycles. The van der Waals surface area contributed by atoms with E-state index in [0.29, 0.717) is 6.42 Å². The average Bonchev–Trinajstić information content (AvgIpc) is 2.25. The summed E-state index contributed by atoms with van der Waals surface area (Å²) in [5.41, 5.74) is 1.06. The van der Waals surface area contributed by atoms with E-state index in [1.807, 2.05) is 30.3 Å². The normalized spacial score (nSPS) is 8.50. The maximum absolute atomic E-state index is 8.31. The summed E-state index contributed by atoms with van der Waals surface area (Å²) in [6, 6.07) is 12.1. The summed E-state index contributed by atoms with van der Waals surface area (Å²) >= 11 is 0. The maximum atomic E-state index is 8.31. The second kappa shape index (κ2) is 6.75. The molecule has 0 aromatic heterocycles. The van der Waals surface area contributed by atoms with Gasteiger partial charge in [0.1, 0.15) is 0 Å². The second-order valence-electron chi connectivity index (χ2n) is 3.03. The van der Waals surface area contributed by atoms with E-state index in [0.717, 1.165) is 24.8 Å². The van der Waals surface area contributed by atoms with E-state index in [-0.39, 0.29) is 0 Å². The van der Waals surface area contributed by atoms with Crippen LogP contribution in [-0.4, -0.2) is 0 Å². The van der Waals surface area contributed by atoms with E-state index >= 15 is 0 Å². The molecule has 0 aliphatic heterocycles. The number of hydrogen-bond donors (Lipinski definition) is 0. The highest BCUT2D eigenvalue weighted by atomic mass is 14.2. The minimum absolute atomic E-state index is 0.646. The molecule has 1 heteroatoms. The lowest BCUT2D eigenvalue weighted by Gasteiger charge is -1.88. The summed E-state index contributed by atoms with van der Waals surface area (Å²) in [5.74, 6) is 6.19. The maximum Gasteiger partial charge on any atom is 0.0621 e. The quantitative estimate of drug-likeness (QED) is 0.521. The summed E-state index contributed by atoms with van der Waals surface area (Å²) in [4.78, 5) is 0. The molecule has 1 rings (SSSR count). The molecule has 0 unspecified atom stereocenters. The molecule has 0 heterocycles. The van der Waals surface area contributed by atoms with Gasteiger partial charge in [-0.25, -0.2) is 0 Å². The van der Waals surface area contributed by atoms with Gasteiger partial charge in [-0.2, -0.15) is 5.26 Å². The Bertz CT molecular complexity index is 348. The van der Waals surface area contributed by atoms with Crippen molar-refractivity contribution >= 4 is 0 Å². The predicted octanol–water partition coefficient (Wildman–Crippen LogP) is 3.12. The van der Waals surface area contributed by atoms with Crippen LogP contribution < -0.4 is 0 Å². The van der Waals surface area contributed by atoms with Crippen LogP contribution in [0.5, 0.6) is 0 Å². The highest BCUT2D eigenvalue weighted by molar-refractivity contribution is 5.33. The molecule has 1 aromatic rings. The highest BCUT2D eigenvalue weighted by Crippen LogP contribution is 1.99. The third kappa shape index (κ3) is 4.33. The number of nitriles is 1. The lowest BCUT2D eigenvalue weighted by molar-refractivity contribution is 0.778. The average molecular weight is 183 g/mol. The van der Waals surface area contributed by atoms with Crippen molar-refractivity contribution in [2.24, 2.45) is 0 Å². The molecule has 0 N–H and O–H groups in total. The first-order valence-electron chi connectivity index (χ1n) is 4.84. The number of nitrogens with zero attached hydrogens (tertiary/aromatic N) is 1. The Hall–Kier alpha value is -1.73. The smallest absolute Gasteiger partial charge is 0.0621 e. The fourth-order valence-electron chi connectivity index (χ4n) is 1.10. The monoisotopic (exact) mass is 183 g/mol. The lowest BCUT2D eigenvalue weighted by Crippen LogP contribution is -1.74. The number of benzene rings is 1. The van der Waals surface area contributed by atoms with Crippen molar-refractivity contribution in [3.05, 3.63) is 35.9 Å². The van der Waals surface area contributed by atoms with Crippen molar-refractivity contribution in [2.75, 3.05) is 0 Å². The zero-order valence-electron chi connectivity index (χ0n) is 8.16. The second-order valence-corrected chi connectivity index (χ2v) is 3.03. The fraction of sp³-hybridized carbons (Fsp3) is 0.308. The van der Waals surface area contributed by atoms with E-state index in [1.54, 1.807) is 0 Å². The minimum Gasteiger partial charge on any atom is -0.198 e. The van der Waals surface area contributed by atoms with E-state index in [2.05, 4.69) is 17.9 Å². The van der Waals surface area contributed by atoms with Gasteiger partial charge in [-0.3, -0.25) is 0 Å². The van der Waals surface area contributed by atoms with Gasteiger partial charge in [0.05, 0.1) is 6.07 Å². The van der Waals surface area contributed by atoms with Crippen LogP contribution in [0.1, 0.15) is 31.2 Å². The summed E-state index contributed by atoms with van der Waals surface area (Å²) in [6.45, 7) is 0. The van der Waals surface area contributed by atoms with E-state index in [1.165, 1.54) is 0 Å². The molecule has 0 bridgehead atoms. The molecule has 0 aliphatic carbocycles. The first-order valence-corrected chi connectivity index (χ1v) is 4.84. The number of unbranched alkanes of at least 4 members (excludes halogenated alkanes) is 3. The number of hydrogen-bond acceptors (Lipinski definition) is 1. The minimum atomic E-state index is 0.646. The van der Waals surface area contributed by atoms with Gasteiger partial charge >= 0.3 is 0 Å². The molecule has 0 saturated heterocycles. The van der Waals surface area contributed by atoms with Crippen LogP contribution in [0.25, 0.3) is 0 Å². The topological polar surface area (TPSA) is 23.8 Å². The van der Waals surface area contributed by atoms with Gasteiger partial charge in [-0.1, -0.05) is 30.0 Å². The molecule has 14 heavy (non-hydrogen) atoms. The third-order valence-corrected chi connectivity index (χ3v) is 1.85. The Morgan fingerprint density at radius 3 is 2.43 bits per heavy atom.